The van der Waals surface area contributed by atoms with Crippen LogP contribution in [0.4, 0.5) is 0 Å². The van der Waals surface area contributed by atoms with E-state index in [4.69, 9.17) is 0 Å². The third kappa shape index (κ3) is 8.10. The molecule has 0 saturated carbocycles. The molecule has 0 amide bonds. The van der Waals surface area contributed by atoms with Crippen molar-refractivity contribution in [3.8, 4) is 0 Å². The summed E-state index contributed by atoms with van der Waals surface area (Å²) >= 11 is 0. The van der Waals surface area contributed by atoms with Gasteiger partial charge in [-0.15, -0.1) is 0 Å². The van der Waals surface area contributed by atoms with Gasteiger partial charge in [-0.1, -0.05) is 48.5 Å². The van der Waals surface area contributed by atoms with Gasteiger partial charge in [-0.25, -0.2) is 0 Å². The fraction of sp³-hybridized carbons (Fsp3) is 1.00. The van der Waals surface area contributed by atoms with Gasteiger partial charge in [0.2, 0.25) is 0 Å². The molecular weight excluding hydrogens is 144 g/mol. The Balaban J connectivity index is 0. The van der Waals surface area contributed by atoms with Crippen molar-refractivity contribution in [2.24, 2.45) is 17.8 Å². The maximum Gasteiger partial charge on any atom is -0.0438 e. The summed E-state index contributed by atoms with van der Waals surface area (Å²) in [6.45, 7) is 11.6. The molecule has 0 aromatic rings. The minimum atomic E-state index is 0. The van der Waals surface area contributed by atoms with Crippen molar-refractivity contribution < 1.29 is 0 Å². The molecule has 0 N–H and O–H groups in total. The Bertz CT molecular complexity index is 84.0. The number of hydrogen-bond donors (Lipinski definition) is 0. The van der Waals surface area contributed by atoms with Crippen LogP contribution in [0.25, 0.3) is 0 Å². The molecule has 0 heterocycles. The van der Waals surface area contributed by atoms with Gasteiger partial charge in [-0.05, 0) is 30.6 Å². The van der Waals surface area contributed by atoms with Crippen molar-refractivity contribution in [2.75, 3.05) is 0 Å². The van der Waals surface area contributed by atoms with Crippen LogP contribution in [0.2, 0.25) is 0 Å². The Morgan fingerprint density at radius 1 is 0.833 bits per heavy atom. The van der Waals surface area contributed by atoms with E-state index in [1.54, 1.807) is 0 Å². The lowest BCUT2D eigenvalue weighted by molar-refractivity contribution is 0.350. The maximum absolute atomic E-state index is 2.38. The average molecular weight is 172 g/mol. The van der Waals surface area contributed by atoms with Crippen molar-refractivity contribution in [1.82, 2.24) is 0 Å². The SMILES string of the molecule is C.CC[C@H](C)C[C@H](C)CC(C)C. The molecule has 0 radical (unpaired) electrons. The van der Waals surface area contributed by atoms with E-state index in [9.17, 15) is 0 Å². The zero-order chi connectivity index (χ0) is 8.85. The molecule has 0 unspecified atom stereocenters. The quantitative estimate of drug-likeness (QED) is 0.562. The van der Waals surface area contributed by atoms with Crippen LogP contribution in [-0.4, -0.2) is 0 Å². The topological polar surface area (TPSA) is 0 Å². The predicted molar refractivity (Wildman–Crippen MR) is 59.4 cm³/mol. The molecule has 0 aromatic carbocycles. The van der Waals surface area contributed by atoms with E-state index in [0.29, 0.717) is 0 Å². The van der Waals surface area contributed by atoms with Crippen LogP contribution in [0, 0.1) is 17.8 Å². The Kier molecular flexibility index (Phi) is 9.24. The first-order chi connectivity index (χ1) is 5.06. The van der Waals surface area contributed by atoms with Crippen LogP contribution in [0.5, 0.6) is 0 Å². The fourth-order valence-corrected chi connectivity index (χ4v) is 1.75. The summed E-state index contributed by atoms with van der Waals surface area (Å²) in [6.07, 6.45) is 4.14. The maximum atomic E-state index is 2.38. The molecule has 2 atom stereocenters. The Morgan fingerprint density at radius 2 is 1.33 bits per heavy atom. The third-order valence-electron chi connectivity index (χ3n) is 2.38. The highest BCUT2D eigenvalue weighted by atomic mass is 14.1. The van der Waals surface area contributed by atoms with Crippen molar-refractivity contribution in [2.45, 2.75) is 61.3 Å². The molecule has 76 valence electrons. The van der Waals surface area contributed by atoms with Crippen LogP contribution in [0.15, 0.2) is 0 Å². The summed E-state index contributed by atoms with van der Waals surface area (Å²) in [7, 11) is 0. The smallest absolute Gasteiger partial charge is 0.0438 e. The van der Waals surface area contributed by atoms with Gasteiger partial charge in [0.15, 0.2) is 0 Å². The van der Waals surface area contributed by atoms with Gasteiger partial charge in [-0.3, -0.25) is 0 Å². The van der Waals surface area contributed by atoms with E-state index in [0.717, 1.165) is 17.8 Å². The van der Waals surface area contributed by atoms with Gasteiger partial charge in [0, 0.05) is 0 Å². The lowest BCUT2D eigenvalue weighted by Crippen LogP contribution is -2.05. The molecule has 0 aromatic heterocycles. The first-order valence-corrected chi connectivity index (χ1v) is 5.06. The molecule has 0 saturated heterocycles. The molecule has 0 nitrogen and oxygen atoms in total. The second kappa shape index (κ2) is 7.64. The Morgan fingerprint density at radius 3 is 1.67 bits per heavy atom. The molecule has 0 rings (SSSR count). The van der Waals surface area contributed by atoms with Gasteiger partial charge in [0.25, 0.3) is 0 Å². The lowest BCUT2D eigenvalue weighted by atomic mass is 9.89. The highest BCUT2D eigenvalue weighted by molar-refractivity contribution is 4.60. The molecule has 0 heteroatoms. The fourth-order valence-electron chi connectivity index (χ4n) is 1.75. The van der Waals surface area contributed by atoms with E-state index in [1.807, 2.05) is 0 Å². The molecule has 12 heavy (non-hydrogen) atoms. The summed E-state index contributed by atoms with van der Waals surface area (Å²) in [5, 5.41) is 0. The summed E-state index contributed by atoms with van der Waals surface area (Å²) in [4.78, 5) is 0. The van der Waals surface area contributed by atoms with Gasteiger partial charge >= 0.3 is 0 Å². The monoisotopic (exact) mass is 172 g/mol. The summed E-state index contributed by atoms with van der Waals surface area (Å²) in [5.41, 5.74) is 0. The van der Waals surface area contributed by atoms with Crippen LogP contribution in [0.1, 0.15) is 61.3 Å². The highest BCUT2D eigenvalue weighted by Gasteiger charge is 2.08. The Labute approximate surface area is 79.8 Å². The minimum absolute atomic E-state index is 0. The van der Waals surface area contributed by atoms with Crippen LogP contribution in [-0.2, 0) is 0 Å². The van der Waals surface area contributed by atoms with E-state index >= 15 is 0 Å². The van der Waals surface area contributed by atoms with Crippen molar-refractivity contribution in [1.29, 1.82) is 0 Å². The van der Waals surface area contributed by atoms with Gasteiger partial charge in [0.1, 0.15) is 0 Å². The van der Waals surface area contributed by atoms with E-state index in [1.165, 1.54) is 19.3 Å². The Hall–Kier alpha value is 0. The molecule has 0 aliphatic heterocycles. The second-order valence-electron chi connectivity index (χ2n) is 4.48. The molecule has 0 spiro atoms. The van der Waals surface area contributed by atoms with Gasteiger partial charge < -0.3 is 0 Å². The van der Waals surface area contributed by atoms with Crippen molar-refractivity contribution >= 4 is 0 Å². The first-order valence-electron chi connectivity index (χ1n) is 5.06. The normalized spacial score (nSPS) is 15.5. The third-order valence-corrected chi connectivity index (χ3v) is 2.38. The summed E-state index contributed by atoms with van der Waals surface area (Å²) in [6, 6.07) is 0. The van der Waals surface area contributed by atoms with E-state index < -0.39 is 0 Å². The van der Waals surface area contributed by atoms with E-state index in [-0.39, 0.29) is 7.43 Å². The zero-order valence-electron chi connectivity index (χ0n) is 8.85. The minimum Gasteiger partial charge on any atom is -0.0776 e. The van der Waals surface area contributed by atoms with E-state index in [2.05, 4.69) is 34.6 Å². The van der Waals surface area contributed by atoms with Crippen molar-refractivity contribution in [3.05, 3.63) is 0 Å². The van der Waals surface area contributed by atoms with Gasteiger partial charge in [-0.2, -0.15) is 0 Å². The molecule has 0 fully saturated rings. The van der Waals surface area contributed by atoms with Crippen LogP contribution in [0.3, 0.4) is 0 Å². The largest absolute Gasteiger partial charge is 0.0776 e. The first kappa shape index (κ1) is 14.5. The number of hydrogen-bond acceptors (Lipinski definition) is 0. The highest BCUT2D eigenvalue weighted by Crippen LogP contribution is 2.20. The van der Waals surface area contributed by atoms with Crippen LogP contribution >= 0.6 is 0 Å². The molecule has 0 aliphatic carbocycles. The zero-order valence-corrected chi connectivity index (χ0v) is 8.85. The molecule has 0 bridgehead atoms. The summed E-state index contributed by atoms with van der Waals surface area (Å²) < 4.78 is 0. The summed E-state index contributed by atoms with van der Waals surface area (Å²) in [5.74, 6) is 2.71. The standard InChI is InChI=1S/C11H24.CH4/c1-6-10(4)8-11(5)7-9(2)3;/h9-11H,6-8H2,1-5H3;1H4/t10-,11+;/m0./s1. The second-order valence-corrected chi connectivity index (χ2v) is 4.48. The molecule has 0 aliphatic rings. The molecular formula is C12H28. The van der Waals surface area contributed by atoms with Crippen LogP contribution < -0.4 is 0 Å². The van der Waals surface area contributed by atoms with Gasteiger partial charge in [0.05, 0.1) is 0 Å². The van der Waals surface area contributed by atoms with Crippen molar-refractivity contribution in [3.63, 3.8) is 0 Å². The lowest BCUT2D eigenvalue weighted by Gasteiger charge is -2.17. The predicted octanol–water partition coefficient (Wildman–Crippen LogP) is 4.74. The number of rotatable bonds is 5. The average Bonchev–Trinajstić information content (AvgIpc) is 1.85.